The fraction of sp³-hybridized carbons (Fsp3) is 0.312. The number of nitrogens with zero attached hydrogens (tertiary/aromatic N) is 4. The van der Waals surface area contributed by atoms with Gasteiger partial charge in [0.25, 0.3) is 0 Å². The van der Waals surface area contributed by atoms with Crippen molar-refractivity contribution >= 4 is 28.7 Å². The first-order valence-electron chi connectivity index (χ1n) is 13.5. The van der Waals surface area contributed by atoms with E-state index in [9.17, 15) is 0 Å². The Hall–Kier alpha value is -3.64. The normalized spacial score (nSPS) is 17.1. The summed E-state index contributed by atoms with van der Waals surface area (Å²) in [6, 6.07) is 23.9. The van der Waals surface area contributed by atoms with E-state index in [0.29, 0.717) is 0 Å². The number of hydrogen-bond acceptors (Lipinski definition) is 3. The van der Waals surface area contributed by atoms with Crippen molar-refractivity contribution in [1.29, 1.82) is 0 Å². The molecule has 1 aliphatic heterocycles. The van der Waals surface area contributed by atoms with E-state index in [0.717, 1.165) is 29.6 Å². The summed E-state index contributed by atoms with van der Waals surface area (Å²) < 4.78 is 2.36. The van der Waals surface area contributed by atoms with Crippen LogP contribution in [0.5, 0.6) is 0 Å². The average Bonchev–Trinajstić information content (AvgIpc) is 3.40. The van der Waals surface area contributed by atoms with Gasteiger partial charge in [0.1, 0.15) is 0 Å². The molecule has 2 aromatic heterocycles. The maximum absolute atomic E-state index is 5.98. The van der Waals surface area contributed by atoms with Crippen molar-refractivity contribution in [1.82, 2.24) is 14.9 Å². The van der Waals surface area contributed by atoms with Crippen molar-refractivity contribution in [2.75, 3.05) is 22.9 Å². The van der Waals surface area contributed by atoms with Crippen LogP contribution in [0.1, 0.15) is 59.7 Å². The average molecular weight is 524 g/mol. The number of hydrogen-bond donors (Lipinski definition) is 1. The number of benzene rings is 2. The van der Waals surface area contributed by atoms with Crippen molar-refractivity contribution < 1.29 is 0 Å². The monoisotopic (exact) mass is 523 g/mol. The van der Waals surface area contributed by atoms with Gasteiger partial charge in [0, 0.05) is 47.7 Å². The molecule has 4 aromatic rings. The molecule has 5 nitrogen and oxygen atoms in total. The van der Waals surface area contributed by atoms with Crippen LogP contribution in [0, 0.1) is 27.7 Å². The van der Waals surface area contributed by atoms with E-state index in [4.69, 9.17) is 17.2 Å². The second kappa shape index (κ2) is 10.6. The highest BCUT2D eigenvalue weighted by Gasteiger charge is 2.42. The molecule has 1 fully saturated rings. The van der Waals surface area contributed by atoms with Gasteiger partial charge in [0.05, 0.1) is 17.8 Å². The largest absolute Gasteiger partial charge is 0.372 e. The Morgan fingerprint density at radius 1 is 0.868 bits per heavy atom. The zero-order chi connectivity index (χ0) is 27.0. The number of aryl methyl sites for hydroxylation is 3. The number of rotatable bonds is 7. The van der Waals surface area contributed by atoms with E-state index in [2.05, 4.69) is 116 Å². The predicted octanol–water partition coefficient (Wildman–Crippen LogP) is 7.13. The lowest BCUT2D eigenvalue weighted by atomic mass is 9.96. The van der Waals surface area contributed by atoms with E-state index in [1.807, 2.05) is 18.3 Å². The molecular formula is C32H37N5S. The molecular weight excluding hydrogens is 486 g/mol. The molecule has 6 heteroatoms. The van der Waals surface area contributed by atoms with Gasteiger partial charge in [0.2, 0.25) is 0 Å². The van der Waals surface area contributed by atoms with Gasteiger partial charge in [0.15, 0.2) is 5.11 Å². The topological polar surface area (TPSA) is 36.3 Å². The molecule has 1 N–H and O–H groups in total. The van der Waals surface area contributed by atoms with Gasteiger partial charge in [-0.3, -0.25) is 4.98 Å². The smallest absolute Gasteiger partial charge is 0.174 e. The van der Waals surface area contributed by atoms with E-state index in [-0.39, 0.29) is 12.1 Å². The summed E-state index contributed by atoms with van der Waals surface area (Å²) >= 11 is 5.98. The fourth-order valence-corrected chi connectivity index (χ4v) is 6.27. The van der Waals surface area contributed by atoms with Crippen LogP contribution in [-0.2, 0) is 0 Å². The fourth-order valence-electron chi connectivity index (χ4n) is 5.92. The van der Waals surface area contributed by atoms with Crippen LogP contribution in [0.4, 0.5) is 11.4 Å². The summed E-state index contributed by atoms with van der Waals surface area (Å²) in [5, 5.41) is 4.34. The van der Waals surface area contributed by atoms with Crippen molar-refractivity contribution in [2.45, 2.75) is 53.6 Å². The second-order valence-corrected chi connectivity index (χ2v) is 10.6. The van der Waals surface area contributed by atoms with E-state index in [1.54, 1.807) is 0 Å². The highest BCUT2D eigenvalue weighted by molar-refractivity contribution is 7.80. The third-order valence-electron chi connectivity index (χ3n) is 7.61. The molecule has 0 spiro atoms. The number of aromatic nitrogens is 2. The van der Waals surface area contributed by atoms with Gasteiger partial charge in [-0.15, -0.1) is 0 Å². The molecule has 5 rings (SSSR count). The molecule has 3 heterocycles. The summed E-state index contributed by atoms with van der Waals surface area (Å²) in [4.78, 5) is 9.39. The van der Waals surface area contributed by atoms with E-state index < -0.39 is 0 Å². The summed E-state index contributed by atoms with van der Waals surface area (Å²) in [5.41, 5.74) is 10.6. The minimum atomic E-state index is -0.0662. The summed E-state index contributed by atoms with van der Waals surface area (Å²) in [6.07, 6.45) is 1.86. The Bertz CT molecular complexity index is 1420. The summed E-state index contributed by atoms with van der Waals surface area (Å²) in [7, 11) is 0. The molecule has 0 amide bonds. The molecule has 2 atom stereocenters. The lowest BCUT2D eigenvalue weighted by Crippen LogP contribution is -2.29. The van der Waals surface area contributed by atoms with Gasteiger partial charge in [-0.1, -0.05) is 12.1 Å². The van der Waals surface area contributed by atoms with Gasteiger partial charge in [-0.2, -0.15) is 0 Å². The highest BCUT2D eigenvalue weighted by Crippen LogP contribution is 2.44. The molecule has 1 aliphatic rings. The van der Waals surface area contributed by atoms with Crippen LogP contribution in [0.3, 0.4) is 0 Å². The zero-order valence-electron chi connectivity index (χ0n) is 23.2. The second-order valence-electron chi connectivity index (χ2n) is 10.2. The van der Waals surface area contributed by atoms with Gasteiger partial charge < -0.3 is 19.7 Å². The third-order valence-corrected chi connectivity index (χ3v) is 7.92. The Kier molecular flexibility index (Phi) is 7.26. The zero-order valence-corrected chi connectivity index (χ0v) is 24.0. The Labute approximate surface area is 232 Å². The predicted molar refractivity (Wildman–Crippen MR) is 163 cm³/mol. The maximum Gasteiger partial charge on any atom is 0.174 e. The lowest BCUT2D eigenvalue weighted by molar-refractivity contribution is 0.565. The molecule has 0 bridgehead atoms. The first-order valence-corrected chi connectivity index (χ1v) is 13.9. The Morgan fingerprint density at radius 3 is 2.16 bits per heavy atom. The molecule has 38 heavy (non-hydrogen) atoms. The maximum atomic E-state index is 5.98. The standard InChI is InChI=1S/C32H37N5S/c1-7-35(8-2)25-12-14-26(15-13-25)36-23(5)20-28(24(36)6)31-30(29-11-9-10-16-33-29)34-32(38)37(31)27-18-21(3)17-22(4)19-27/h9-20,30-31H,7-8H2,1-6H3,(H,34,38)/t30-,31-/m0/s1. The van der Waals surface area contributed by atoms with E-state index in [1.165, 1.54) is 39.5 Å². The van der Waals surface area contributed by atoms with Crippen molar-refractivity contribution in [3.8, 4) is 5.69 Å². The SMILES string of the molecule is CCN(CC)c1ccc(-n2c(C)cc([C@H]3[C@H](c4ccccn4)NC(=S)N3c3cc(C)cc(C)c3)c2C)cc1. The van der Waals surface area contributed by atoms with Crippen molar-refractivity contribution in [3.05, 3.63) is 107 Å². The molecule has 2 aromatic carbocycles. The molecule has 0 aliphatic carbocycles. The number of thiocarbonyl (C=S) groups is 1. The minimum absolute atomic E-state index is 0.0338. The lowest BCUT2D eigenvalue weighted by Gasteiger charge is -2.29. The minimum Gasteiger partial charge on any atom is -0.372 e. The number of pyridine rings is 1. The van der Waals surface area contributed by atoms with Crippen LogP contribution in [-0.4, -0.2) is 27.8 Å². The van der Waals surface area contributed by atoms with Gasteiger partial charge in [-0.05, 0) is 125 Å². The Balaban J connectivity index is 1.63. The van der Waals surface area contributed by atoms with Gasteiger partial charge >= 0.3 is 0 Å². The first kappa shape index (κ1) is 26.0. The molecule has 196 valence electrons. The van der Waals surface area contributed by atoms with Crippen LogP contribution in [0.2, 0.25) is 0 Å². The van der Waals surface area contributed by atoms with Crippen molar-refractivity contribution in [2.24, 2.45) is 0 Å². The Morgan fingerprint density at radius 2 is 1.55 bits per heavy atom. The van der Waals surface area contributed by atoms with Crippen LogP contribution >= 0.6 is 12.2 Å². The quantitative estimate of drug-likeness (QED) is 0.261. The molecule has 0 saturated carbocycles. The molecule has 0 unspecified atom stereocenters. The van der Waals surface area contributed by atoms with Crippen LogP contribution in [0.15, 0.2) is 72.9 Å². The summed E-state index contributed by atoms with van der Waals surface area (Å²) in [6.45, 7) is 15.1. The van der Waals surface area contributed by atoms with Crippen LogP contribution in [0.25, 0.3) is 5.69 Å². The molecule has 0 radical (unpaired) electrons. The molecule has 1 saturated heterocycles. The van der Waals surface area contributed by atoms with Crippen molar-refractivity contribution in [3.63, 3.8) is 0 Å². The third kappa shape index (κ3) is 4.69. The number of anilines is 2. The van der Waals surface area contributed by atoms with E-state index >= 15 is 0 Å². The van der Waals surface area contributed by atoms with Gasteiger partial charge in [-0.25, -0.2) is 0 Å². The highest BCUT2D eigenvalue weighted by atomic mass is 32.1. The first-order chi connectivity index (χ1) is 18.3. The van der Waals surface area contributed by atoms with Crippen LogP contribution < -0.4 is 15.1 Å². The summed E-state index contributed by atoms with van der Waals surface area (Å²) in [5.74, 6) is 0. The number of nitrogens with one attached hydrogen (secondary N) is 1.